The van der Waals surface area contributed by atoms with Gasteiger partial charge < -0.3 is 20.3 Å². The number of anilines is 2. The Labute approximate surface area is 323 Å². The van der Waals surface area contributed by atoms with E-state index in [0.29, 0.717) is 30.0 Å². The first-order valence-corrected chi connectivity index (χ1v) is 19.2. The number of aromatic nitrogens is 4. The maximum atomic E-state index is 13.6. The van der Waals surface area contributed by atoms with Gasteiger partial charge in [-0.2, -0.15) is 5.10 Å². The van der Waals surface area contributed by atoms with Crippen molar-refractivity contribution in [1.29, 1.82) is 0 Å². The number of fused-ring (bicyclic) bond motifs is 2. The Morgan fingerprint density at radius 2 is 1.70 bits per heavy atom. The van der Waals surface area contributed by atoms with Gasteiger partial charge in [0.25, 0.3) is 5.91 Å². The molecule has 0 spiro atoms. The van der Waals surface area contributed by atoms with Crippen LogP contribution in [0.15, 0.2) is 79.1 Å². The summed E-state index contributed by atoms with van der Waals surface area (Å²) in [5, 5.41) is 8.24. The maximum Gasteiger partial charge on any atom is 0.255 e. The number of para-hydroxylation sites is 1. The molecule has 0 radical (unpaired) electrons. The number of nitrogens with two attached hydrogens (primary N) is 1. The number of piperidine rings is 2. The highest BCUT2D eigenvalue weighted by Crippen LogP contribution is 2.46. The van der Waals surface area contributed by atoms with Gasteiger partial charge in [0.15, 0.2) is 11.9 Å². The number of hydrogen-bond acceptors (Lipinski definition) is 11. The number of rotatable bonds is 9. The van der Waals surface area contributed by atoms with E-state index in [-0.39, 0.29) is 35.9 Å². The van der Waals surface area contributed by atoms with Gasteiger partial charge in [-0.25, -0.2) is 14.6 Å². The van der Waals surface area contributed by atoms with E-state index in [9.17, 15) is 19.2 Å². The van der Waals surface area contributed by atoms with E-state index < -0.39 is 17.9 Å². The molecule has 0 bridgehead atoms. The van der Waals surface area contributed by atoms with Crippen LogP contribution in [0.3, 0.4) is 0 Å². The van der Waals surface area contributed by atoms with E-state index in [1.807, 2.05) is 60.7 Å². The number of likely N-dealkylation sites (tertiary alicyclic amines) is 1. The van der Waals surface area contributed by atoms with Crippen LogP contribution < -0.4 is 20.7 Å². The molecule has 3 aromatic carbocycles. The van der Waals surface area contributed by atoms with E-state index in [1.165, 1.54) is 11.2 Å². The van der Waals surface area contributed by atoms with Crippen LogP contribution in [-0.4, -0.2) is 98.9 Å². The molecule has 4 aliphatic rings. The number of likely N-dealkylation sites (N-methyl/N-ethyl adjacent to an activating group) is 1. The lowest BCUT2D eigenvalue weighted by atomic mass is 9.87. The molecule has 14 nitrogen and oxygen atoms in total. The van der Waals surface area contributed by atoms with E-state index in [4.69, 9.17) is 15.6 Å². The molecule has 9 rings (SSSR count). The van der Waals surface area contributed by atoms with Crippen molar-refractivity contribution < 1.29 is 23.9 Å². The van der Waals surface area contributed by atoms with Gasteiger partial charge in [0.1, 0.15) is 35.4 Å². The summed E-state index contributed by atoms with van der Waals surface area (Å²) < 4.78 is 8.10. The van der Waals surface area contributed by atoms with Crippen molar-refractivity contribution in [3.05, 3.63) is 90.3 Å². The molecular formula is C42H43N9O5. The third-order valence-corrected chi connectivity index (χ3v) is 12.2. The molecule has 286 valence electrons. The predicted octanol–water partition coefficient (Wildman–Crippen LogP) is 4.72. The SMILES string of the molecule is CN(C(=O)c1cc(N2CC(N3CCC4CC(n5nc(-c6ccc(Oc7ccccc7)cc6)c6c(N)ncnc65)CC4C3)C2)ccc1C=O)C1CCC(=O)NC1=O. The first-order chi connectivity index (χ1) is 27.2. The summed E-state index contributed by atoms with van der Waals surface area (Å²) >= 11 is 0. The van der Waals surface area contributed by atoms with Crippen molar-refractivity contribution in [3.63, 3.8) is 0 Å². The summed E-state index contributed by atoms with van der Waals surface area (Å²) in [6.07, 6.45) is 5.75. The van der Waals surface area contributed by atoms with Gasteiger partial charge in [0.05, 0.1) is 17.0 Å². The second kappa shape index (κ2) is 14.5. The molecule has 2 aromatic heterocycles. The van der Waals surface area contributed by atoms with E-state index in [0.717, 1.165) is 84.9 Å². The smallest absolute Gasteiger partial charge is 0.255 e. The molecule has 56 heavy (non-hydrogen) atoms. The van der Waals surface area contributed by atoms with Gasteiger partial charge in [0.2, 0.25) is 11.8 Å². The standard InChI is InChI=1S/C42H43N9O5/c1-48(35-13-14-36(53)46-41(35)54)42(55)34-19-29(10-7-27(34)23-52)50-21-31(22-50)49-16-15-26-17-30(18-28(26)20-49)51-40-37(39(43)44-24-45-40)38(47-51)25-8-11-33(12-9-25)56-32-5-3-2-4-6-32/h2-12,19,23-24,26,28,30-31,35H,13-18,20-22H2,1H3,(H2,43,44,45)(H,46,53,54). The number of hydrogen-bond donors (Lipinski definition) is 2. The fraction of sp³-hybridized carbons (Fsp3) is 0.357. The number of aldehydes is 1. The number of benzene rings is 3. The van der Waals surface area contributed by atoms with Crippen molar-refractivity contribution in [1.82, 2.24) is 34.9 Å². The molecule has 5 aromatic rings. The molecule has 3 saturated heterocycles. The summed E-state index contributed by atoms with van der Waals surface area (Å²) in [6, 6.07) is 22.7. The van der Waals surface area contributed by atoms with E-state index in [1.54, 1.807) is 19.2 Å². The lowest BCUT2D eigenvalue weighted by molar-refractivity contribution is -0.136. The highest BCUT2D eigenvalue weighted by Gasteiger charge is 2.43. The molecule has 4 fully saturated rings. The molecule has 14 heteroatoms. The lowest BCUT2D eigenvalue weighted by Gasteiger charge is -2.49. The summed E-state index contributed by atoms with van der Waals surface area (Å²) in [5.74, 6) is 1.77. The Morgan fingerprint density at radius 3 is 2.46 bits per heavy atom. The van der Waals surface area contributed by atoms with Crippen LogP contribution in [0.2, 0.25) is 0 Å². The fourth-order valence-electron chi connectivity index (χ4n) is 9.08. The minimum atomic E-state index is -0.770. The summed E-state index contributed by atoms with van der Waals surface area (Å²) in [5.41, 5.74) is 10.3. The Kier molecular flexibility index (Phi) is 9.20. The number of amides is 3. The molecule has 1 aliphatic carbocycles. The number of carbonyl (C=O) groups excluding carboxylic acids is 4. The predicted molar refractivity (Wildman–Crippen MR) is 209 cm³/mol. The largest absolute Gasteiger partial charge is 0.457 e. The van der Waals surface area contributed by atoms with Crippen LogP contribution in [0.5, 0.6) is 11.5 Å². The van der Waals surface area contributed by atoms with Crippen molar-refractivity contribution in [3.8, 4) is 22.8 Å². The number of nitrogens with zero attached hydrogens (tertiary/aromatic N) is 7. The normalized spacial score (nSPS) is 22.7. The molecule has 3 amide bonds. The van der Waals surface area contributed by atoms with E-state index in [2.05, 4.69) is 29.8 Å². The van der Waals surface area contributed by atoms with Crippen LogP contribution in [0.4, 0.5) is 11.5 Å². The number of carbonyl (C=O) groups is 4. The summed E-state index contributed by atoms with van der Waals surface area (Å²) in [6.45, 7) is 3.66. The molecule has 4 atom stereocenters. The van der Waals surface area contributed by atoms with Crippen LogP contribution >= 0.6 is 0 Å². The van der Waals surface area contributed by atoms with Gasteiger partial charge in [-0.15, -0.1) is 0 Å². The highest BCUT2D eigenvalue weighted by molar-refractivity contribution is 6.06. The molecule has 3 N–H and O–H groups in total. The quantitative estimate of drug-likeness (QED) is 0.158. The molecular weight excluding hydrogens is 711 g/mol. The minimum Gasteiger partial charge on any atom is -0.457 e. The third-order valence-electron chi connectivity index (χ3n) is 12.2. The van der Waals surface area contributed by atoms with Gasteiger partial charge in [-0.05, 0) is 98.7 Å². The average molecular weight is 754 g/mol. The summed E-state index contributed by atoms with van der Waals surface area (Å²) in [7, 11) is 1.54. The fourth-order valence-corrected chi connectivity index (χ4v) is 9.08. The monoisotopic (exact) mass is 753 g/mol. The Morgan fingerprint density at radius 1 is 0.929 bits per heavy atom. The number of nitrogens with one attached hydrogen (secondary N) is 1. The zero-order valence-corrected chi connectivity index (χ0v) is 31.1. The molecule has 3 aliphatic heterocycles. The second-order valence-corrected chi connectivity index (χ2v) is 15.5. The molecule has 4 unspecified atom stereocenters. The molecule has 1 saturated carbocycles. The van der Waals surface area contributed by atoms with Gasteiger partial charge >= 0.3 is 0 Å². The van der Waals surface area contributed by atoms with Crippen molar-refractivity contribution in [2.75, 3.05) is 43.9 Å². The third kappa shape index (κ3) is 6.53. The first kappa shape index (κ1) is 35.5. The molecule has 5 heterocycles. The van der Waals surface area contributed by atoms with Crippen molar-refractivity contribution in [2.24, 2.45) is 11.8 Å². The van der Waals surface area contributed by atoms with Gasteiger partial charge in [-0.1, -0.05) is 18.2 Å². The minimum absolute atomic E-state index is 0.162. The van der Waals surface area contributed by atoms with Crippen LogP contribution in [-0.2, 0) is 9.59 Å². The van der Waals surface area contributed by atoms with Crippen LogP contribution in [0.25, 0.3) is 22.3 Å². The van der Waals surface area contributed by atoms with Crippen LogP contribution in [0.1, 0.15) is 58.9 Å². The first-order valence-electron chi connectivity index (χ1n) is 19.2. The maximum absolute atomic E-state index is 13.6. The van der Waals surface area contributed by atoms with E-state index >= 15 is 0 Å². The zero-order chi connectivity index (χ0) is 38.5. The lowest BCUT2D eigenvalue weighted by Crippen LogP contribution is -2.61. The summed E-state index contributed by atoms with van der Waals surface area (Å²) in [4.78, 5) is 64.8. The number of ether oxygens (including phenoxy) is 1. The second-order valence-electron chi connectivity index (χ2n) is 15.5. The highest BCUT2D eigenvalue weighted by atomic mass is 16.5. The van der Waals surface area contributed by atoms with Gasteiger partial charge in [0, 0.05) is 56.0 Å². The Bertz CT molecular complexity index is 2320. The Hall–Kier alpha value is -6.15. The average Bonchev–Trinajstić information content (AvgIpc) is 3.80. The Balaban J connectivity index is 0.860. The van der Waals surface area contributed by atoms with Crippen LogP contribution in [0, 0.1) is 11.8 Å². The topological polar surface area (TPSA) is 169 Å². The number of nitrogen functional groups attached to an aromatic ring is 1. The van der Waals surface area contributed by atoms with Gasteiger partial charge in [-0.3, -0.25) is 29.4 Å². The number of imide groups is 1. The van der Waals surface area contributed by atoms with Crippen molar-refractivity contribution >= 4 is 46.5 Å². The zero-order valence-electron chi connectivity index (χ0n) is 31.1. The van der Waals surface area contributed by atoms with Crippen molar-refractivity contribution in [2.45, 2.75) is 50.2 Å².